The van der Waals surface area contributed by atoms with Crippen molar-refractivity contribution in [1.82, 2.24) is 14.5 Å². The van der Waals surface area contributed by atoms with Crippen molar-refractivity contribution in [2.45, 2.75) is 19.4 Å². The van der Waals surface area contributed by atoms with Crippen molar-refractivity contribution in [2.75, 3.05) is 13.7 Å². The highest BCUT2D eigenvalue weighted by atomic mass is 35.5. The Hall–Kier alpha value is -0.910. The second kappa shape index (κ2) is 5.62. The molecule has 2 rings (SSSR count). The maximum atomic E-state index is 5.88. The SMILES string of the molecule is COCCCCn1c(=S)[nH]c2cc(Cl)cnc21. The van der Waals surface area contributed by atoms with Crippen LogP contribution < -0.4 is 0 Å². The first-order valence-corrected chi connectivity index (χ1v) is 6.24. The zero-order chi connectivity index (χ0) is 12.3. The molecule has 0 saturated heterocycles. The number of unbranched alkanes of at least 4 members (excludes halogenated alkanes) is 1. The number of aryl methyl sites for hydroxylation is 1. The predicted octanol–water partition coefficient (Wildman–Crippen LogP) is 3.17. The molecular formula is C11H14ClN3OS. The van der Waals surface area contributed by atoms with Crippen LogP contribution in [0.2, 0.25) is 5.02 Å². The molecule has 0 aliphatic heterocycles. The first-order chi connectivity index (χ1) is 8.22. The number of methoxy groups -OCH3 is 1. The Morgan fingerprint density at radius 1 is 1.53 bits per heavy atom. The van der Waals surface area contributed by atoms with E-state index in [0.29, 0.717) is 9.79 Å². The number of H-pyrrole nitrogens is 1. The van der Waals surface area contributed by atoms with E-state index in [9.17, 15) is 0 Å². The van der Waals surface area contributed by atoms with Crippen LogP contribution in [-0.2, 0) is 11.3 Å². The fourth-order valence-electron chi connectivity index (χ4n) is 1.74. The Bertz CT molecular complexity index is 563. The van der Waals surface area contributed by atoms with Gasteiger partial charge in [-0.25, -0.2) is 4.98 Å². The Labute approximate surface area is 110 Å². The van der Waals surface area contributed by atoms with Gasteiger partial charge in [0.15, 0.2) is 10.4 Å². The van der Waals surface area contributed by atoms with Crippen LogP contribution in [0.15, 0.2) is 12.3 Å². The van der Waals surface area contributed by atoms with Gasteiger partial charge < -0.3 is 14.3 Å². The number of rotatable bonds is 5. The fraction of sp³-hybridized carbons (Fsp3) is 0.455. The molecule has 6 heteroatoms. The Morgan fingerprint density at radius 3 is 3.12 bits per heavy atom. The number of nitrogens with one attached hydrogen (secondary N) is 1. The molecule has 1 N–H and O–H groups in total. The third kappa shape index (κ3) is 2.86. The van der Waals surface area contributed by atoms with Crippen LogP contribution in [0.4, 0.5) is 0 Å². The van der Waals surface area contributed by atoms with Crippen molar-refractivity contribution in [2.24, 2.45) is 0 Å². The van der Waals surface area contributed by atoms with E-state index in [1.807, 2.05) is 10.6 Å². The minimum absolute atomic E-state index is 0.611. The molecule has 2 heterocycles. The summed E-state index contributed by atoms with van der Waals surface area (Å²) >= 11 is 11.2. The molecule has 0 aliphatic carbocycles. The Balaban J connectivity index is 2.21. The summed E-state index contributed by atoms with van der Waals surface area (Å²) in [6.07, 6.45) is 3.66. The van der Waals surface area contributed by atoms with Crippen molar-refractivity contribution >= 4 is 35.0 Å². The molecular weight excluding hydrogens is 258 g/mol. The highest BCUT2D eigenvalue weighted by Gasteiger charge is 2.05. The van der Waals surface area contributed by atoms with Gasteiger partial charge in [-0.05, 0) is 31.1 Å². The number of imidazole rings is 1. The molecule has 0 aromatic carbocycles. The topological polar surface area (TPSA) is 42.8 Å². The lowest BCUT2D eigenvalue weighted by atomic mass is 10.3. The number of fused-ring (bicyclic) bond motifs is 1. The maximum absolute atomic E-state index is 5.88. The van der Waals surface area contributed by atoms with Gasteiger partial charge in [0.1, 0.15) is 0 Å². The Kier molecular flexibility index (Phi) is 4.15. The molecule has 0 bridgehead atoms. The number of halogens is 1. The Morgan fingerprint density at radius 2 is 2.35 bits per heavy atom. The van der Waals surface area contributed by atoms with E-state index in [2.05, 4.69) is 9.97 Å². The van der Waals surface area contributed by atoms with E-state index in [4.69, 9.17) is 28.6 Å². The number of hydrogen-bond donors (Lipinski definition) is 1. The van der Waals surface area contributed by atoms with E-state index in [1.54, 1.807) is 13.3 Å². The van der Waals surface area contributed by atoms with Gasteiger partial charge in [-0.3, -0.25) is 0 Å². The summed E-state index contributed by atoms with van der Waals surface area (Å²) in [5, 5.41) is 0.611. The third-order valence-corrected chi connectivity index (χ3v) is 3.09. The van der Waals surface area contributed by atoms with Gasteiger partial charge >= 0.3 is 0 Å². The van der Waals surface area contributed by atoms with E-state index in [0.717, 1.165) is 37.2 Å². The first kappa shape index (κ1) is 12.5. The number of hydrogen-bond acceptors (Lipinski definition) is 3. The summed E-state index contributed by atoms with van der Waals surface area (Å²) in [6.45, 7) is 1.62. The molecule has 0 saturated carbocycles. The molecule has 0 atom stereocenters. The summed E-state index contributed by atoms with van der Waals surface area (Å²) in [4.78, 5) is 7.41. The molecule has 0 spiro atoms. The van der Waals surface area contributed by atoms with Crippen LogP contribution in [0, 0.1) is 4.77 Å². The lowest BCUT2D eigenvalue weighted by Gasteiger charge is -2.03. The number of pyridine rings is 1. The second-order valence-corrected chi connectivity index (χ2v) is 4.63. The number of nitrogens with zero attached hydrogens (tertiary/aromatic N) is 2. The normalized spacial score (nSPS) is 11.2. The summed E-state index contributed by atoms with van der Waals surface area (Å²) in [6, 6.07) is 1.84. The maximum Gasteiger partial charge on any atom is 0.179 e. The van der Waals surface area contributed by atoms with Crippen molar-refractivity contribution in [1.29, 1.82) is 0 Å². The molecule has 2 aromatic heterocycles. The van der Waals surface area contributed by atoms with E-state index < -0.39 is 0 Å². The molecule has 0 amide bonds. The number of aromatic nitrogens is 3. The highest BCUT2D eigenvalue weighted by molar-refractivity contribution is 7.71. The molecule has 0 radical (unpaired) electrons. The van der Waals surface area contributed by atoms with Gasteiger partial charge in [0.05, 0.1) is 10.5 Å². The smallest absolute Gasteiger partial charge is 0.179 e. The lowest BCUT2D eigenvalue weighted by Crippen LogP contribution is -2.00. The van der Waals surface area contributed by atoms with Gasteiger partial charge in [-0.15, -0.1) is 0 Å². The molecule has 2 aromatic rings. The van der Waals surface area contributed by atoms with Gasteiger partial charge in [0, 0.05) is 26.5 Å². The monoisotopic (exact) mass is 271 g/mol. The van der Waals surface area contributed by atoms with Crippen LogP contribution in [0.1, 0.15) is 12.8 Å². The lowest BCUT2D eigenvalue weighted by molar-refractivity contribution is 0.191. The molecule has 0 unspecified atom stereocenters. The van der Waals surface area contributed by atoms with Crippen LogP contribution >= 0.6 is 23.8 Å². The summed E-state index contributed by atoms with van der Waals surface area (Å²) in [5.74, 6) is 0. The number of ether oxygens (including phenoxy) is 1. The highest BCUT2D eigenvalue weighted by Crippen LogP contribution is 2.16. The average molecular weight is 272 g/mol. The van der Waals surface area contributed by atoms with Crippen LogP contribution in [0.3, 0.4) is 0 Å². The molecule has 0 aliphatic rings. The van der Waals surface area contributed by atoms with Crippen LogP contribution in [0.5, 0.6) is 0 Å². The van der Waals surface area contributed by atoms with Crippen LogP contribution in [0.25, 0.3) is 11.2 Å². The summed E-state index contributed by atoms with van der Waals surface area (Å²) in [5.41, 5.74) is 1.74. The zero-order valence-electron chi connectivity index (χ0n) is 9.57. The molecule has 4 nitrogen and oxygen atoms in total. The molecule has 92 valence electrons. The van der Waals surface area contributed by atoms with Crippen molar-refractivity contribution in [3.63, 3.8) is 0 Å². The van der Waals surface area contributed by atoms with Gasteiger partial charge in [0.2, 0.25) is 0 Å². The third-order valence-electron chi connectivity index (χ3n) is 2.56. The average Bonchev–Trinajstić information content (AvgIpc) is 2.60. The minimum Gasteiger partial charge on any atom is -0.385 e. The summed E-state index contributed by atoms with van der Waals surface area (Å²) in [7, 11) is 1.71. The summed E-state index contributed by atoms with van der Waals surface area (Å²) < 4.78 is 7.70. The standard InChI is InChI=1S/C11H14ClN3OS/c1-16-5-3-2-4-15-10-9(14-11(15)17)6-8(12)7-13-10/h6-7H,2-5H2,1H3,(H,14,17). The molecule has 0 fully saturated rings. The molecule has 17 heavy (non-hydrogen) atoms. The van der Waals surface area contributed by atoms with Gasteiger partial charge in [-0.2, -0.15) is 0 Å². The number of aromatic amines is 1. The second-order valence-electron chi connectivity index (χ2n) is 3.81. The van der Waals surface area contributed by atoms with Crippen molar-refractivity contribution in [3.05, 3.63) is 22.1 Å². The fourth-order valence-corrected chi connectivity index (χ4v) is 2.19. The van der Waals surface area contributed by atoms with Gasteiger partial charge in [-0.1, -0.05) is 11.6 Å². The zero-order valence-corrected chi connectivity index (χ0v) is 11.1. The van der Waals surface area contributed by atoms with E-state index >= 15 is 0 Å². The van der Waals surface area contributed by atoms with Crippen LogP contribution in [-0.4, -0.2) is 28.3 Å². The van der Waals surface area contributed by atoms with Crippen molar-refractivity contribution in [3.8, 4) is 0 Å². The largest absolute Gasteiger partial charge is 0.385 e. The van der Waals surface area contributed by atoms with Crippen molar-refractivity contribution < 1.29 is 4.74 Å². The minimum atomic E-state index is 0.611. The quantitative estimate of drug-likeness (QED) is 0.671. The van der Waals surface area contributed by atoms with E-state index in [-0.39, 0.29) is 0 Å². The first-order valence-electron chi connectivity index (χ1n) is 5.45. The van der Waals surface area contributed by atoms with E-state index in [1.165, 1.54) is 0 Å². The predicted molar refractivity (Wildman–Crippen MR) is 71.0 cm³/mol. The van der Waals surface area contributed by atoms with Gasteiger partial charge in [0.25, 0.3) is 0 Å².